The Morgan fingerprint density at radius 1 is 1.30 bits per heavy atom. The van der Waals surface area contributed by atoms with E-state index in [0.717, 1.165) is 32.4 Å². The predicted molar refractivity (Wildman–Crippen MR) is 132 cm³/mol. The number of nitrogens with one attached hydrogen (secondary N) is 2. The number of aromatic nitrogens is 2. The summed E-state index contributed by atoms with van der Waals surface area (Å²) in [5.74, 6) is 1.14. The maximum Gasteiger partial charge on any atom is 0.294 e. The lowest BCUT2D eigenvalue weighted by atomic mass is 9.94. The van der Waals surface area contributed by atoms with E-state index < -0.39 is 0 Å². The highest BCUT2D eigenvalue weighted by atomic mass is 35.5. The van der Waals surface area contributed by atoms with E-state index in [1.165, 1.54) is 4.57 Å². The molecule has 2 aromatic rings. The van der Waals surface area contributed by atoms with Gasteiger partial charge < -0.3 is 20.3 Å². The smallest absolute Gasteiger partial charge is 0.294 e. The summed E-state index contributed by atoms with van der Waals surface area (Å²) >= 11 is 6.58. The number of ether oxygens (including phenoxy) is 1. The van der Waals surface area contributed by atoms with E-state index in [1.54, 1.807) is 25.3 Å². The number of benzene rings is 1. The van der Waals surface area contributed by atoms with Crippen molar-refractivity contribution in [3.63, 3.8) is 0 Å². The van der Waals surface area contributed by atoms with Gasteiger partial charge in [0.15, 0.2) is 11.0 Å². The van der Waals surface area contributed by atoms with Crippen molar-refractivity contribution in [1.29, 1.82) is 0 Å². The van der Waals surface area contributed by atoms with Crippen molar-refractivity contribution in [3.8, 4) is 17.0 Å². The van der Waals surface area contributed by atoms with Gasteiger partial charge in [0.25, 0.3) is 5.56 Å². The predicted octanol–water partition coefficient (Wildman–Crippen LogP) is 3.24. The third kappa shape index (κ3) is 6.71. The van der Waals surface area contributed by atoms with Crippen LogP contribution in [0.4, 0.5) is 5.82 Å². The zero-order valence-electron chi connectivity index (χ0n) is 19.9. The number of amides is 1. The number of anilines is 1. The van der Waals surface area contributed by atoms with E-state index in [4.69, 9.17) is 16.3 Å². The number of likely N-dealkylation sites (tertiary alicyclic amines) is 1. The van der Waals surface area contributed by atoms with Crippen LogP contribution in [0, 0.1) is 5.92 Å². The average molecular weight is 476 g/mol. The molecule has 1 aliphatic heterocycles. The van der Waals surface area contributed by atoms with E-state index in [0.29, 0.717) is 29.5 Å². The molecule has 1 aliphatic rings. The third-order valence-corrected chi connectivity index (χ3v) is 6.16. The van der Waals surface area contributed by atoms with Crippen LogP contribution in [0.2, 0.25) is 5.15 Å². The van der Waals surface area contributed by atoms with E-state index in [-0.39, 0.29) is 35.0 Å². The number of piperidine rings is 1. The number of halogens is 1. The Hall–Kier alpha value is -2.58. The summed E-state index contributed by atoms with van der Waals surface area (Å²) in [6.07, 6.45) is 3.26. The molecule has 0 atom stereocenters. The van der Waals surface area contributed by atoms with Gasteiger partial charge in [-0.3, -0.25) is 14.2 Å². The molecule has 180 valence electrons. The fourth-order valence-electron chi connectivity index (χ4n) is 4.11. The van der Waals surface area contributed by atoms with Gasteiger partial charge in [-0.25, -0.2) is 4.98 Å². The summed E-state index contributed by atoms with van der Waals surface area (Å²) in [6.45, 7) is 6.42. The summed E-state index contributed by atoms with van der Waals surface area (Å²) in [6, 6.07) is 7.15. The van der Waals surface area contributed by atoms with Crippen LogP contribution in [0.3, 0.4) is 0 Å². The van der Waals surface area contributed by atoms with Crippen molar-refractivity contribution >= 4 is 23.3 Å². The standard InChI is InChI=1S/C24H34ClN5O3/c1-16(2)27-20(31)15-30-21(18-6-5-7-19(14-18)33-4)22(25)28-23(24(30)32)26-11-8-17-9-12-29(3)13-10-17/h5-7,14,16-17H,8-13,15H2,1-4H3,(H,26,28)(H,27,31). The van der Waals surface area contributed by atoms with Crippen molar-refractivity contribution in [2.45, 2.75) is 45.7 Å². The fraction of sp³-hybridized carbons (Fsp3) is 0.542. The summed E-state index contributed by atoms with van der Waals surface area (Å²) in [7, 11) is 3.71. The van der Waals surface area contributed by atoms with E-state index in [1.807, 2.05) is 19.9 Å². The maximum atomic E-state index is 13.4. The first-order valence-corrected chi connectivity index (χ1v) is 11.8. The normalized spacial score (nSPS) is 15.0. The molecular weight excluding hydrogens is 442 g/mol. The zero-order valence-corrected chi connectivity index (χ0v) is 20.6. The molecule has 2 heterocycles. The molecule has 8 nitrogen and oxygen atoms in total. The Kier molecular flexibility index (Phi) is 8.74. The Morgan fingerprint density at radius 2 is 2.03 bits per heavy atom. The SMILES string of the molecule is COc1cccc(-c2c(Cl)nc(NCCC3CCN(C)CC3)c(=O)n2CC(=O)NC(C)C)c1. The molecule has 0 spiro atoms. The average Bonchev–Trinajstić information content (AvgIpc) is 2.77. The van der Waals surface area contributed by atoms with E-state index >= 15 is 0 Å². The second-order valence-electron chi connectivity index (χ2n) is 8.91. The Labute approximate surface area is 200 Å². The van der Waals surface area contributed by atoms with Gasteiger partial charge in [0.1, 0.15) is 12.3 Å². The van der Waals surface area contributed by atoms with Gasteiger partial charge >= 0.3 is 0 Å². The number of carbonyl (C=O) groups excluding carboxylic acids is 1. The molecule has 0 saturated carbocycles. The van der Waals surface area contributed by atoms with Crippen LogP contribution in [0.5, 0.6) is 5.75 Å². The van der Waals surface area contributed by atoms with Gasteiger partial charge in [0.05, 0.1) is 12.8 Å². The van der Waals surface area contributed by atoms with E-state index in [9.17, 15) is 9.59 Å². The summed E-state index contributed by atoms with van der Waals surface area (Å²) in [5, 5.41) is 6.16. The Morgan fingerprint density at radius 3 is 2.70 bits per heavy atom. The highest BCUT2D eigenvalue weighted by Gasteiger charge is 2.21. The number of carbonyl (C=O) groups is 1. The molecule has 0 bridgehead atoms. The number of rotatable bonds is 9. The molecule has 33 heavy (non-hydrogen) atoms. The van der Waals surface area contributed by atoms with Crippen LogP contribution in [0.25, 0.3) is 11.3 Å². The van der Waals surface area contributed by atoms with Crippen molar-refractivity contribution in [2.24, 2.45) is 5.92 Å². The Bertz CT molecular complexity index is 1020. The molecule has 1 saturated heterocycles. The van der Waals surface area contributed by atoms with Gasteiger partial charge in [-0.2, -0.15) is 0 Å². The first kappa shape index (κ1) is 25.1. The first-order chi connectivity index (χ1) is 15.8. The van der Waals surface area contributed by atoms with Crippen LogP contribution in [-0.4, -0.2) is 60.2 Å². The number of hydrogen-bond donors (Lipinski definition) is 2. The molecule has 2 N–H and O–H groups in total. The topological polar surface area (TPSA) is 88.5 Å². The van der Waals surface area contributed by atoms with Gasteiger partial charge in [0.2, 0.25) is 5.91 Å². The highest BCUT2D eigenvalue weighted by Crippen LogP contribution is 2.29. The van der Waals surface area contributed by atoms with Crippen LogP contribution in [0.15, 0.2) is 29.1 Å². The molecule has 0 radical (unpaired) electrons. The molecule has 1 aromatic carbocycles. The van der Waals surface area contributed by atoms with Crippen molar-refractivity contribution in [1.82, 2.24) is 19.8 Å². The summed E-state index contributed by atoms with van der Waals surface area (Å²) in [5.41, 5.74) is 0.666. The lowest BCUT2D eigenvalue weighted by Gasteiger charge is -2.28. The molecular formula is C24H34ClN5O3. The van der Waals surface area contributed by atoms with Crippen LogP contribution >= 0.6 is 11.6 Å². The van der Waals surface area contributed by atoms with Crippen molar-refractivity contribution in [2.75, 3.05) is 39.1 Å². The number of methoxy groups -OCH3 is 1. The molecule has 1 amide bonds. The third-order valence-electron chi connectivity index (χ3n) is 5.90. The minimum absolute atomic E-state index is 0.0436. The van der Waals surface area contributed by atoms with Crippen molar-refractivity contribution in [3.05, 3.63) is 39.8 Å². The molecule has 1 fully saturated rings. The summed E-state index contributed by atoms with van der Waals surface area (Å²) < 4.78 is 6.70. The lowest BCUT2D eigenvalue weighted by molar-refractivity contribution is -0.122. The summed E-state index contributed by atoms with van der Waals surface area (Å²) in [4.78, 5) is 32.7. The first-order valence-electron chi connectivity index (χ1n) is 11.4. The zero-order chi connectivity index (χ0) is 24.0. The van der Waals surface area contributed by atoms with Gasteiger partial charge in [-0.05, 0) is 71.3 Å². The van der Waals surface area contributed by atoms with E-state index in [2.05, 4.69) is 27.6 Å². The largest absolute Gasteiger partial charge is 0.497 e. The quantitative estimate of drug-likeness (QED) is 0.578. The second kappa shape index (κ2) is 11.5. The van der Waals surface area contributed by atoms with Gasteiger partial charge in [-0.15, -0.1) is 0 Å². The monoisotopic (exact) mass is 475 g/mol. The Balaban J connectivity index is 1.89. The number of hydrogen-bond acceptors (Lipinski definition) is 6. The molecule has 9 heteroatoms. The second-order valence-corrected chi connectivity index (χ2v) is 9.27. The highest BCUT2D eigenvalue weighted by molar-refractivity contribution is 6.32. The number of nitrogens with zero attached hydrogens (tertiary/aromatic N) is 3. The van der Waals surface area contributed by atoms with Crippen LogP contribution < -0.4 is 20.9 Å². The minimum Gasteiger partial charge on any atom is -0.497 e. The molecule has 1 aromatic heterocycles. The van der Waals surface area contributed by atoms with Crippen LogP contribution in [0.1, 0.15) is 33.1 Å². The van der Waals surface area contributed by atoms with Gasteiger partial charge in [-0.1, -0.05) is 23.7 Å². The van der Waals surface area contributed by atoms with Gasteiger partial charge in [0, 0.05) is 18.2 Å². The molecule has 0 unspecified atom stereocenters. The minimum atomic E-state index is -0.375. The lowest BCUT2D eigenvalue weighted by Crippen LogP contribution is -2.37. The fourth-order valence-corrected chi connectivity index (χ4v) is 4.40. The van der Waals surface area contributed by atoms with Crippen molar-refractivity contribution < 1.29 is 9.53 Å². The molecule has 0 aliphatic carbocycles. The maximum absolute atomic E-state index is 13.4. The molecule has 3 rings (SSSR count). The van der Waals surface area contributed by atoms with Crippen LogP contribution in [-0.2, 0) is 11.3 Å².